The Labute approximate surface area is 568 Å². The number of alkyl halides is 3. The average molecular weight is 1290 g/mol. The molecule has 0 spiro atoms. The summed E-state index contributed by atoms with van der Waals surface area (Å²) in [7, 11) is 0. The fourth-order valence-corrected chi connectivity index (χ4v) is 13.2. The standard InChI is InChI=1S/C84H40F3N13/c85-84(86,87)64-20-30-80(100-77-27-17-57(67-23-13-51(43-90)33-62(67)47-94)37-71(77)72-38-58(18-28-78(72)100)68-24-14-52(44-91)34-63(68)48-95)74(40-64)73-39-59(83-97-81(53-7-3-1-4-8-53)96-82(98-83)54-9-5-2-6-10-54)19-29-79(73)99-75-25-15-55(65-21-11-49(41-88)31-60(65)45-92)35-69(75)70-36-56(16-26-76(70)99)66-22-12-50(42-89)32-61(66)46-93/h1-40H. The van der Waals surface area contributed by atoms with E-state index in [4.69, 9.17) is 15.0 Å². The third kappa shape index (κ3) is 10.6. The zero-order valence-corrected chi connectivity index (χ0v) is 52.0. The van der Waals surface area contributed by atoms with Gasteiger partial charge in [-0.3, -0.25) is 0 Å². The van der Waals surface area contributed by atoms with E-state index in [2.05, 4.69) is 48.6 Å². The monoisotopic (exact) mass is 1290 g/mol. The second-order valence-corrected chi connectivity index (χ2v) is 23.5. The summed E-state index contributed by atoms with van der Waals surface area (Å²) in [6, 6.07) is 86.9. The Hall–Kier alpha value is -15.0. The number of nitriles is 8. The van der Waals surface area contributed by atoms with Crippen LogP contribution in [0.2, 0.25) is 0 Å². The Kier molecular flexibility index (Phi) is 15.1. The Morgan fingerprint density at radius 2 is 0.560 bits per heavy atom. The quantitative estimate of drug-likeness (QED) is 0.125. The zero-order chi connectivity index (χ0) is 68.9. The lowest BCUT2D eigenvalue weighted by molar-refractivity contribution is -0.137. The molecular weight excluding hydrogens is 1250 g/mol. The van der Waals surface area contributed by atoms with E-state index in [9.17, 15) is 42.1 Å². The van der Waals surface area contributed by atoms with Crippen molar-refractivity contribution < 1.29 is 13.2 Å². The summed E-state index contributed by atoms with van der Waals surface area (Å²) in [5.74, 6) is 0.873. The van der Waals surface area contributed by atoms with E-state index in [0.717, 1.165) is 12.1 Å². The maximum absolute atomic E-state index is 16.0. The first-order chi connectivity index (χ1) is 48.8. The number of halogens is 3. The second kappa shape index (κ2) is 24.7. The van der Waals surface area contributed by atoms with Crippen LogP contribution in [0.1, 0.15) is 50.1 Å². The molecule has 0 saturated heterocycles. The fourth-order valence-electron chi connectivity index (χ4n) is 13.2. The topological polar surface area (TPSA) is 239 Å². The number of hydrogen-bond donors (Lipinski definition) is 0. The van der Waals surface area contributed by atoms with Crippen molar-refractivity contribution >= 4 is 43.6 Å². The van der Waals surface area contributed by atoms with Crippen molar-refractivity contribution in [2.45, 2.75) is 6.18 Å². The number of nitrogens with zero attached hydrogens (tertiary/aromatic N) is 13. The SMILES string of the molecule is N#Cc1ccc(-c2ccc3c(c2)c2cc(-c4ccc(C#N)cc4C#N)ccc2n3-c2ccc(-c3nc(-c4ccccc4)nc(-c4ccccc4)n3)cc2-c2cc(C(F)(F)F)ccc2-n2c3ccc(-c4ccc(C#N)cc4C#N)cc3c3cc(-c4ccc(C#N)cc4C#N)ccc32)c(C#N)c1. The zero-order valence-electron chi connectivity index (χ0n) is 52.0. The van der Waals surface area contributed by atoms with Gasteiger partial charge in [0.15, 0.2) is 17.5 Å². The molecule has 462 valence electrons. The van der Waals surface area contributed by atoms with Gasteiger partial charge in [0.2, 0.25) is 0 Å². The van der Waals surface area contributed by atoms with Gasteiger partial charge in [-0.05, 0) is 178 Å². The predicted octanol–water partition coefficient (Wildman–Crippen LogP) is 19.4. The minimum Gasteiger partial charge on any atom is -0.309 e. The summed E-state index contributed by atoms with van der Waals surface area (Å²) < 4.78 is 51.8. The van der Waals surface area contributed by atoms with E-state index in [-0.39, 0.29) is 61.5 Å². The molecule has 3 aromatic heterocycles. The van der Waals surface area contributed by atoms with E-state index in [1.807, 2.05) is 155 Å². The number of fused-ring (bicyclic) bond motifs is 6. The Balaban J connectivity index is 1.07. The van der Waals surface area contributed by atoms with Gasteiger partial charge in [0, 0.05) is 49.4 Å². The molecule has 0 N–H and O–H groups in total. The molecule has 100 heavy (non-hydrogen) atoms. The molecule has 0 atom stereocenters. The van der Waals surface area contributed by atoms with Crippen LogP contribution in [0.5, 0.6) is 0 Å². The van der Waals surface area contributed by atoms with Crippen molar-refractivity contribution in [3.05, 3.63) is 293 Å². The first-order valence-electron chi connectivity index (χ1n) is 31.0. The van der Waals surface area contributed by atoms with Crippen LogP contribution < -0.4 is 0 Å². The van der Waals surface area contributed by atoms with E-state index >= 15 is 13.2 Å². The first-order valence-corrected chi connectivity index (χ1v) is 31.0. The Morgan fingerprint density at radius 3 is 0.870 bits per heavy atom. The lowest BCUT2D eigenvalue weighted by Gasteiger charge is -2.21. The van der Waals surface area contributed by atoms with Gasteiger partial charge in [-0.1, -0.05) is 109 Å². The molecule has 0 aliphatic carbocycles. The van der Waals surface area contributed by atoms with Gasteiger partial charge >= 0.3 is 6.18 Å². The van der Waals surface area contributed by atoms with Gasteiger partial charge < -0.3 is 9.13 Å². The summed E-state index contributed by atoms with van der Waals surface area (Å²) in [5, 5.41) is 83.9. The third-order valence-corrected chi connectivity index (χ3v) is 17.9. The van der Waals surface area contributed by atoms with Crippen LogP contribution in [0.25, 0.3) is 145 Å². The maximum atomic E-state index is 16.0. The van der Waals surface area contributed by atoms with Gasteiger partial charge in [-0.15, -0.1) is 0 Å². The molecule has 15 aromatic rings. The fraction of sp³-hybridized carbons (Fsp3) is 0.0119. The lowest BCUT2D eigenvalue weighted by atomic mass is 9.95. The molecule has 13 nitrogen and oxygen atoms in total. The summed E-state index contributed by atoms with van der Waals surface area (Å²) in [6.07, 6.45) is -4.89. The molecule has 0 aliphatic heterocycles. The molecule has 12 aromatic carbocycles. The van der Waals surface area contributed by atoms with E-state index < -0.39 is 11.7 Å². The van der Waals surface area contributed by atoms with Crippen LogP contribution in [0.15, 0.2) is 243 Å². The van der Waals surface area contributed by atoms with Crippen molar-refractivity contribution in [3.63, 3.8) is 0 Å². The van der Waals surface area contributed by atoms with Crippen molar-refractivity contribution in [1.29, 1.82) is 42.1 Å². The van der Waals surface area contributed by atoms with Gasteiger partial charge in [-0.2, -0.15) is 55.3 Å². The number of rotatable bonds is 10. The molecule has 0 bridgehead atoms. The first kappa shape index (κ1) is 61.2. The molecule has 0 aliphatic rings. The smallest absolute Gasteiger partial charge is 0.309 e. The van der Waals surface area contributed by atoms with Crippen LogP contribution in [0, 0.1) is 90.6 Å². The third-order valence-electron chi connectivity index (χ3n) is 17.9. The van der Waals surface area contributed by atoms with Crippen LogP contribution in [-0.2, 0) is 6.18 Å². The van der Waals surface area contributed by atoms with Crippen LogP contribution in [0.4, 0.5) is 13.2 Å². The minimum absolute atomic E-state index is 0.104. The Bertz CT molecular complexity index is 6060. The molecule has 0 unspecified atom stereocenters. The summed E-state index contributed by atoms with van der Waals surface area (Å²) in [6.45, 7) is 0. The van der Waals surface area contributed by atoms with Gasteiger partial charge in [-0.25, -0.2) is 15.0 Å². The normalized spacial score (nSPS) is 11.1. The van der Waals surface area contributed by atoms with Crippen molar-refractivity contribution in [2.75, 3.05) is 0 Å². The lowest BCUT2D eigenvalue weighted by Crippen LogP contribution is -2.08. The van der Waals surface area contributed by atoms with Gasteiger partial charge in [0.1, 0.15) is 0 Å². The number of aromatic nitrogens is 5. The molecule has 0 saturated carbocycles. The molecule has 3 heterocycles. The molecule has 16 heteroatoms. The van der Waals surface area contributed by atoms with Crippen LogP contribution in [0.3, 0.4) is 0 Å². The molecule has 0 amide bonds. The van der Waals surface area contributed by atoms with Gasteiger partial charge in [0.25, 0.3) is 0 Å². The number of hydrogen-bond acceptors (Lipinski definition) is 11. The molecule has 15 rings (SSSR count). The van der Waals surface area contributed by atoms with Crippen molar-refractivity contribution in [2.24, 2.45) is 0 Å². The summed E-state index contributed by atoms with van der Waals surface area (Å²) in [4.78, 5) is 15.2. The molecule has 0 radical (unpaired) electrons. The highest BCUT2D eigenvalue weighted by atomic mass is 19.4. The van der Waals surface area contributed by atoms with Crippen molar-refractivity contribution in [1.82, 2.24) is 24.1 Å². The molecular formula is C84H40F3N13. The highest BCUT2D eigenvalue weighted by molar-refractivity contribution is 6.14. The average Bonchev–Trinajstić information content (AvgIpc) is 1.55. The van der Waals surface area contributed by atoms with Gasteiger partial charge in [0.05, 0.1) is 132 Å². The second-order valence-electron chi connectivity index (χ2n) is 23.5. The minimum atomic E-state index is -4.89. The largest absolute Gasteiger partial charge is 0.416 e. The summed E-state index contributed by atoms with van der Waals surface area (Å²) >= 11 is 0. The van der Waals surface area contributed by atoms with Crippen molar-refractivity contribution in [3.8, 4) is 150 Å². The Morgan fingerprint density at radius 1 is 0.260 bits per heavy atom. The van der Waals surface area contributed by atoms with E-state index in [1.54, 1.807) is 54.6 Å². The van der Waals surface area contributed by atoms with Crippen LogP contribution >= 0.6 is 0 Å². The van der Waals surface area contributed by atoms with Crippen LogP contribution in [-0.4, -0.2) is 24.1 Å². The van der Waals surface area contributed by atoms with E-state index in [0.29, 0.717) is 128 Å². The molecule has 0 fully saturated rings. The highest BCUT2D eigenvalue weighted by Crippen LogP contribution is 2.47. The highest BCUT2D eigenvalue weighted by Gasteiger charge is 2.33. The summed E-state index contributed by atoms with van der Waals surface area (Å²) in [5.41, 5.74) is 10.8. The number of benzene rings is 12. The maximum Gasteiger partial charge on any atom is 0.416 e. The predicted molar refractivity (Wildman–Crippen MR) is 375 cm³/mol. The van der Waals surface area contributed by atoms with E-state index in [1.165, 1.54) is 30.3 Å².